The second-order valence-electron chi connectivity index (χ2n) is 6.33. The molecule has 0 unspecified atom stereocenters. The predicted octanol–water partition coefficient (Wildman–Crippen LogP) is 2.17. The third kappa shape index (κ3) is 3.59. The van der Waals surface area contributed by atoms with Crippen molar-refractivity contribution in [2.24, 2.45) is 17.1 Å². The minimum atomic E-state index is -0.501. The zero-order valence-corrected chi connectivity index (χ0v) is 12.8. The maximum Gasteiger partial charge on any atom is 0.232 e. The fraction of sp³-hybridized carbons (Fsp3) is 0.588. The highest BCUT2D eigenvalue weighted by atomic mass is 16.5. The summed E-state index contributed by atoms with van der Waals surface area (Å²) >= 11 is 0. The molecule has 3 rings (SSSR count). The third-order valence-corrected chi connectivity index (χ3v) is 4.62. The van der Waals surface area contributed by atoms with E-state index in [4.69, 9.17) is 15.2 Å². The van der Waals surface area contributed by atoms with Crippen LogP contribution in [-0.2, 0) is 9.53 Å². The van der Waals surface area contributed by atoms with Gasteiger partial charge in [0.2, 0.25) is 5.91 Å². The first kappa shape index (κ1) is 15.3. The minimum Gasteiger partial charge on any atom is -0.493 e. The van der Waals surface area contributed by atoms with E-state index in [2.05, 4.69) is 5.32 Å². The summed E-state index contributed by atoms with van der Waals surface area (Å²) in [5.74, 6) is 1.58. The van der Waals surface area contributed by atoms with Gasteiger partial charge in [-0.3, -0.25) is 4.79 Å². The second-order valence-corrected chi connectivity index (χ2v) is 6.33. The van der Waals surface area contributed by atoms with Gasteiger partial charge in [-0.1, -0.05) is 0 Å². The molecule has 0 bridgehead atoms. The lowest BCUT2D eigenvalue weighted by Crippen LogP contribution is -2.46. The molecule has 5 heteroatoms. The van der Waals surface area contributed by atoms with Crippen LogP contribution in [0.3, 0.4) is 0 Å². The highest BCUT2D eigenvalue weighted by Gasteiger charge is 2.38. The van der Waals surface area contributed by atoms with E-state index in [-0.39, 0.29) is 5.91 Å². The van der Waals surface area contributed by atoms with Gasteiger partial charge < -0.3 is 20.5 Å². The summed E-state index contributed by atoms with van der Waals surface area (Å²) < 4.78 is 11.0. The summed E-state index contributed by atoms with van der Waals surface area (Å²) in [6, 6.07) is 7.56. The van der Waals surface area contributed by atoms with E-state index in [1.165, 1.54) is 12.8 Å². The molecular weight excluding hydrogens is 280 g/mol. The smallest absolute Gasteiger partial charge is 0.232 e. The highest BCUT2D eigenvalue weighted by Crippen LogP contribution is 2.32. The maximum atomic E-state index is 12.6. The summed E-state index contributed by atoms with van der Waals surface area (Å²) in [4.78, 5) is 12.6. The number of nitrogens with two attached hydrogens (primary N) is 1. The maximum absolute atomic E-state index is 12.6. The Morgan fingerprint density at radius 3 is 2.55 bits per heavy atom. The fourth-order valence-electron chi connectivity index (χ4n) is 2.68. The van der Waals surface area contributed by atoms with Gasteiger partial charge in [-0.25, -0.2) is 0 Å². The van der Waals surface area contributed by atoms with Crippen LogP contribution in [0.1, 0.15) is 25.7 Å². The van der Waals surface area contributed by atoms with Crippen LogP contribution >= 0.6 is 0 Å². The molecule has 0 atom stereocenters. The van der Waals surface area contributed by atoms with Crippen LogP contribution in [0.2, 0.25) is 0 Å². The van der Waals surface area contributed by atoms with Crippen LogP contribution in [0, 0.1) is 11.3 Å². The van der Waals surface area contributed by atoms with E-state index in [9.17, 15) is 4.79 Å². The number of carbonyl (C=O) groups is 1. The first-order chi connectivity index (χ1) is 10.7. The number of amides is 1. The largest absolute Gasteiger partial charge is 0.493 e. The van der Waals surface area contributed by atoms with Gasteiger partial charge in [0, 0.05) is 25.4 Å². The van der Waals surface area contributed by atoms with Gasteiger partial charge in [0.15, 0.2) is 0 Å². The molecule has 22 heavy (non-hydrogen) atoms. The third-order valence-electron chi connectivity index (χ3n) is 4.62. The van der Waals surface area contributed by atoms with E-state index in [0.717, 1.165) is 24.0 Å². The first-order valence-electron chi connectivity index (χ1n) is 8.04. The van der Waals surface area contributed by atoms with Crippen LogP contribution in [0.15, 0.2) is 24.3 Å². The normalized spacial score (nSPS) is 20.4. The molecule has 1 saturated heterocycles. The number of hydrogen-bond acceptors (Lipinski definition) is 4. The monoisotopic (exact) mass is 304 g/mol. The standard InChI is InChI=1S/C17H24N2O3/c18-12-17(7-9-21-10-8-17)16(20)19-14-3-5-15(6-4-14)22-11-13-1-2-13/h3-6,13H,1-2,7-12,18H2,(H,19,20). The number of hydrogen-bond donors (Lipinski definition) is 2. The van der Waals surface area contributed by atoms with Crippen LogP contribution < -0.4 is 15.8 Å². The number of benzene rings is 1. The van der Waals surface area contributed by atoms with Crippen molar-refractivity contribution in [3.63, 3.8) is 0 Å². The van der Waals surface area contributed by atoms with Crippen molar-refractivity contribution in [1.29, 1.82) is 0 Å². The molecule has 3 N–H and O–H groups in total. The Hall–Kier alpha value is -1.59. The van der Waals surface area contributed by atoms with Crippen LogP contribution in [-0.4, -0.2) is 32.3 Å². The first-order valence-corrected chi connectivity index (χ1v) is 8.04. The van der Waals surface area contributed by atoms with Crippen molar-refractivity contribution < 1.29 is 14.3 Å². The van der Waals surface area contributed by atoms with Gasteiger partial charge in [-0.15, -0.1) is 0 Å². The minimum absolute atomic E-state index is 0.00931. The Kier molecular flexibility index (Phi) is 4.64. The van der Waals surface area contributed by atoms with E-state index >= 15 is 0 Å². The number of ether oxygens (including phenoxy) is 2. The van der Waals surface area contributed by atoms with Crippen LogP contribution in [0.5, 0.6) is 5.75 Å². The van der Waals surface area contributed by atoms with Crippen molar-refractivity contribution in [2.75, 3.05) is 31.7 Å². The number of rotatable bonds is 6. The van der Waals surface area contributed by atoms with Crippen molar-refractivity contribution >= 4 is 11.6 Å². The molecule has 0 spiro atoms. The zero-order chi connectivity index (χ0) is 15.4. The molecule has 1 heterocycles. The van der Waals surface area contributed by atoms with Gasteiger partial charge in [-0.05, 0) is 55.9 Å². The Morgan fingerprint density at radius 1 is 1.27 bits per heavy atom. The average Bonchev–Trinajstić information content (AvgIpc) is 3.39. The molecule has 1 aromatic rings. The zero-order valence-electron chi connectivity index (χ0n) is 12.8. The topological polar surface area (TPSA) is 73.6 Å². The summed E-state index contributed by atoms with van der Waals surface area (Å²) in [7, 11) is 0. The van der Waals surface area contributed by atoms with E-state index in [0.29, 0.717) is 32.6 Å². The van der Waals surface area contributed by atoms with Crippen molar-refractivity contribution in [3.05, 3.63) is 24.3 Å². The van der Waals surface area contributed by atoms with E-state index in [1.807, 2.05) is 24.3 Å². The molecule has 1 aromatic carbocycles. The molecule has 0 aromatic heterocycles. The van der Waals surface area contributed by atoms with E-state index < -0.39 is 5.41 Å². The Balaban J connectivity index is 1.57. The molecule has 1 aliphatic heterocycles. The SMILES string of the molecule is NCC1(C(=O)Nc2ccc(OCC3CC3)cc2)CCOCC1. The quantitative estimate of drug-likeness (QED) is 0.845. The van der Waals surface area contributed by atoms with Crippen molar-refractivity contribution in [2.45, 2.75) is 25.7 Å². The van der Waals surface area contributed by atoms with Crippen LogP contribution in [0.25, 0.3) is 0 Å². The number of carbonyl (C=O) groups excluding carboxylic acids is 1. The molecule has 1 saturated carbocycles. The number of nitrogens with one attached hydrogen (secondary N) is 1. The van der Waals surface area contributed by atoms with E-state index in [1.54, 1.807) is 0 Å². The summed E-state index contributed by atoms with van der Waals surface area (Å²) in [6.45, 7) is 2.34. The highest BCUT2D eigenvalue weighted by molar-refractivity contribution is 5.95. The molecule has 120 valence electrons. The average molecular weight is 304 g/mol. The molecule has 2 aliphatic rings. The van der Waals surface area contributed by atoms with Gasteiger partial charge in [0.25, 0.3) is 0 Å². The van der Waals surface area contributed by atoms with Gasteiger partial charge in [0.1, 0.15) is 5.75 Å². The Bertz CT molecular complexity index is 505. The molecule has 1 amide bonds. The molecular formula is C17H24N2O3. The molecule has 5 nitrogen and oxygen atoms in total. The second kappa shape index (κ2) is 6.67. The van der Waals surface area contributed by atoms with Gasteiger partial charge in [-0.2, -0.15) is 0 Å². The summed E-state index contributed by atoms with van der Waals surface area (Å²) in [6.07, 6.45) is 3.91. The molecule has 0 radical (unpaired) electrons. The molecule has 2 fully saturated rings. The van der Waals surface area contributed by atoms with Crippen molar-refractivity contribution in [1.82, 2.24) is 0 Å². The lowest BCUT2D eigenvalue weighted by Gasteiger charge is -2.34. The van der Waals surface area contributed by atoms with Crippen molar-refractivity contribution in [3.8, 4) is 5.75 Å². The Labute approximate surface area is 131 Å². The lowest BCUT2D eigenvalue weighted by molar-refractivity contribution is -0.130. The summed E-state index contributed by atoms with van der Waals surface area (Å²) in [5, 5.41) is 2.98. The Morgan fingerprint density at radius 2 is 1.95 bits per heavy atom. The van der Waals surface area contributed by atoms with Gasteiger partial charge >= 0.3 is 0 Å². The van der Waals surface area contributed by atoms with Crippen LogP contribution in [0.4, 0.5) is 5.69 Å². The summed E-state index contributed by atoms with van der Waals surface area (Å²) in [5.41, 5.74) is 6.13. The lowest BCUT2D eigenvalue weighted by atomic mass is 9.79. The molecule has 1 aliphatic carbocycles. The van der Waals surface area contributed by atoms with Gasteiger partial charge in [0.05, 0.1) is 12.0 Å². The fourth-order valence-corrected chi connectivity index (χ4v) is 2.68. The predicted molar refractivity (Wildman–Crippen MR) is 84.8 cm³/mol. The number of anilines is 1.